The van der Waals surface area contributed by atoms with Crippen molar-refractivity contribution in [1.29, 1.82) is 0 Å². The summed E-state index contributed by atoms with van der Waals surface area (Å²) in [4.78, 5) is 2.17. The van der Waals surface area contributed by atoms with Crippen LogP contribution in [0.2, 0.25) is 0 Å². The predicted octanol–water partition coefficient (Wildman–Crippen LogP) is 4.05. The lowest BCUT2D eigenvalue weighted by molar-refractivity contribution is 0.159. The van der Waals surface area contributed by atoms with Crippen LogP contribution < -0.4 is 5.32 Å². The van der Waals surface area contributed by atoms with Crippen LogP contribution in [0.4, 0.5) is 13.2 Å². The molecular formula is C16H24ClF3N2. The molecule has 0 saturated carbocycles. The van der Waals surface area contributed by atoms with Crippen molar-refractivity contribution in [1.82, 2.24) is 10.2 Å². The third kappa shape index (κ3) is 4.86. The number of unbranched alkanes of at least 4 members (excludes halogenated alkanes) is 2. The highest BCUT2D eigenvalue weighted by molar-refractivity contribution is 5.85. The molecule has 6 heteroatoms. The maximum Gasteiger partial charge on any atom is 0.161 e. The van der Waals surface area contributed by atoms with E-state index < -0.39 is 17.5 Å². The summed E-state index contributed by atoms with van der Waals surface area (Å²) in [6.45, 7) is 5.40. The van der Waals surface area contributed by atoms with Crippen LogP contribution >= 0.6 is 12.4 Å². The fourth-order valence-corrected chi connectivity index (χ4v) is 2.91. The van der Waals surface area contributed by atoms with Gasteiger partial charge in [0.05, 0.1) is 0 Å². The van der Waals surface area contributed by atoms with Gasteiger partial charge in [0.15, 0.2) is 11.6 Å². The fourth-order valence-electron chi connectivity index (χ4n) is 2.91. The van der Waals surface area contributed by atoms with Gasteiger partial charge in [0.1, 0.15) is 5.82 Å². The quantitative estimate of drug-likeness (QED) is 0.622. The number of nitrogens with one attached hydrogen (secondary N) is 1. The maximum atomic E-state index is 14.1. The van der Waals surface area contributed by atoms with Gasteiger partial charge in [0.2, 0.25) is 0 Å². The van der Waals surface area contributed by atoms with Crippen molar-refractivity contribution < 1.29 is 13.2 Å². The van der Waals surface area contributed by atoms with Crippen molar-refractivity contribution >= 4 is 12.4 Å². The van der Waals surface area contributed by atoms with E-state index in [1.54, 1.807) is 0 Å². The second kappa shape index (κ2) is 9.38. The second-order valence-electron chi connectivity index (χ2n) is 5.59. The lowest BCUT2D eigenvalue weighted by atomic mass is 9.97. The van der Waals surface area contributed by atoms with Crippen LogP contribution in [-0.4, -0.2) is 31.1 Å². The first-order valence-corrected chi connectivity index (χ1v) is 7.72. The van der Waals surface area contributed by atoms with Crippen LogP contribution in [0, 0.1) is 17.5 Å². The molecule has 0 spiro atoms. The van der Waals surface area contributed by atoms with Gasteiger partial charge in [-0.05, 0) is 12.5 Å². The summed E-state index contributed by atoms with van der Waals surface area (Å²) in [5.41, 5.74) is 0.284. The number of hydrogen-bond donors (Lipinski definition) is 1. The van der Waals surface area contributed by atoms with E-state index in [1.807, 2.05) is 0 Å². The SMILES string of the molecule is CCCCC[C@@H](c1cc(F)c(F)cc1F)N1CCNCC1.Cl. The summed E-state index contributed by atoms with van der Waals surface area (Å²) in [7, 11) is 0. The van der Waals surface area contributed by atoms with E-state index in [0.29, 0.717) is 6.07 Å². The Hall–Kier alpha value is -0.780. The maximum absolute atomic E-state index is 14.1. The van der Waals surface area contributed by atoms with Gasteiger partial charge in [-0.25, -0.2) is 13.2 Å². The van der Waals surface area contributed by atoms with Gasteiger partial charge >= 0.3 is 0 Å². The zero-order valence-electron chi connectivity index (χ0n) is 12.9. The molecule has 1 fully saturated rings. The standard InChI is InChI=1S/C16H23F3N2.ClH/c1-2-3-4-5-16(21-8-6-20-7-9-21)12-10-14(18)15(19)11-13(12)17;/h10-11,16,20H,2-9H2,1H3;1H/t16-;/m0./s1. The highest BCUT2D eigenvalue weighted by atomic mass is 35.5. The Morgan fingerprint density at radius 1 is 1.05 bits per heavy atom. The van der Waals surface area contributed by atoms with Gasteiger partial charge in [-0.1, -0.05) is 26.2 Å². The summed E-state index contributed by atoms with van der Waals surface area (Å²) in [5.74, 6) is -2.74. The summed E-state index contributed by atoms with van der Waals surface area (Å²) in [5, 5.41) is 3.25. The van der Waals surface area contributed by atoms with Gasteiger partial charge in [-0.3, -0.25) is 4.90 Å². The fraction of sp³-hybridized carbons (Fsp3) is 0.625. The van der Waals surface area contributed by atoms with E-state index in [2.05, 4.69) is 17.1 Å². The first kappa shape index (κ1) is 19.3. The van der Waals surface area contributed by atoms with E-state index in [0.717, 1.165) is 57.9 Å². The number of hydrogen-bond acceptors (Lipinski definition) is 2. The van der Waals surface area contributed by atoms with Crippen molar-refractivity contribution in [2.45, 2.75) is 38.6 Å². The normalized spacial score (nSPS) is 17.1. The van der Waals surface area contributed by atoms with Crippen LogP contribution in [0.5, 0.6) is 0 Å². The molecule has 0 amide bonds. The summed E-state index contributed by atoms with van der Waals surface area (Å²) in [6, 6.07) is 1.52. The molecular weight excluding hydrogens is 313 g/mol. The molecule has 126 valence electrons. The van der Waals surface area contributed by atoms with Gasteiger partial charge in [0, 0.05) is 43.9 Å². The molecule has 0 bridgehead atoms. The van der Waals surface area contributed by atoms with Gasteiger partial charge < -0.3 is 5.32 Å². The number of benzene rings is 1. The molecule has 1 aliphatic rings. The molecule has 1 atom stereocenters. The van der Waals surface area contributed by atoms with Crippen molar-refractivity contribution in [2.24, 2.45) is 0 Å². The van der Waals surface area contributed by atoms with Gasteiger partial charge in [-0.2, -0.15) is 0 Å². The summed E-state index contributed by atoms with van der Waals surface area (Å²) >= 11 is 0. The van der Waals surface area contributed by atoms with Gasteiger partial charge in [-0.15, -0.1) is 12.4 Å². The smallest absolute Gasteiger partial charge is 0.161 e. The second-order valence-corrected chi connectivity index (χ2v) is 5.59. The topological polar surface area (TPSA) is 15.3 Å². The Kier molecular flexibility index (Phi) is 8.21. The van der Waals surface area contributed by atoms with E-state index in [9.17, 15) is 13.2 Å². The van der Waals surface area contributed by atoms with Crippen LogP contribution in [0.25, 0.3) is 0 Å². The molecule has 1 aliphatic heterocycles. The molecule has 0 unspecified atom stereocenters. The molecule has 2 nitrogen and oxygen atoms in total. The highest BCUT2D eigenvalue weighted by Gasteiger charge is 2.25. The molecule has 1 N–H and O–H groups in total. The predicted molar refractivity (Wildman–Crippen MR) is 84.9 cm³/mol. The van der Waals surface area contributed by atoms with E-state index in [-0.39, 0.29) is 24.0 Å². The third-order valence-electron chi connectivity index (χ3n) is 4.07. The number of rotatable bonds is 6. The van der Waals surface area contributed by atoms with Crippen LogP contribution in [0.1, 0.15) is 44.2 Å². The minimum atomic E-state index is -1.12. The number of halogens is 4. The van der Waals surface area contributed by atoms with Crippen molar-refractivity contribution in [3.05, 3.63) is 35.1 Å². The minimum Gasteiger partial charge on any atom is -0.314 e. The monoisotopic (exact) mass is 336 g/mol. The molecule has 0 radical (unpaired) electrons. The number of nitrogens with zero attached hydrogens (tertiary/aromatic N) is 1. The van der Waals surface area contributed by atoms with Crippen LogP contribution in [0.3, 0.4) is 0 Å². The molecule has 0 aromatic heterocycles. The molecule has 1 saturated heterocycles. The van der Waals surface area contributed by atoms with Gasteiger partial charge in [0.25, 0.3) is 0 Å². The Morgan fingerprint density at radius 2 is 1.68 bits per heavy atom. The molecule has 2 rings (SSSR count). The number of piperazine rings is 1. The van der Waals surface area contributed by atoms with Crippen LogP contribution in [0.15, 0.2) is 12.1 Å². The van der Waals surface area contributed by atoms with E-state index in [1.165, 1.54) is 0 Å². The third-order valence-corrected chi connectivity index (χ3v) is 4.07. The zero-order valence-corrected chi connectivity index (χ0v) is 13.7. The highest BCUT2D eigenvalue weighted by Crippen LogP contribution is 2.30. The Bertz CT molecular complexity index is 465. The lowest BCUT2D eigenvalue weighted by Crippen LogP contribution is -2.45. The first-order chi connectivity index (χ1) is 10.1. The Morgan fingerprint density at radius 3 is 2.32 bits per heavy atom. The molecule has 1 aromatic carbocycles. The molecule has 1 aromatic rings. The average Bonchev–Trinajstić information content (AvgIpc) is 2.49. The van der Waals surface area contributed by atoms with E-state index >= 15 is 0 Å². The largest absolute Gasteiger partial charge is 0.314 e. The summed E-state index contributed by atoms with van der Waals surface area (Å²) in [6.07, 6.45) is 3.88. The van der Waals surface area contributed by atoms with Crippen molar-refractivity contribution in [2.75, 3.05) is 26.2 Å². The first-order valence-electron chi connectivity index (χ1n) is 7.72. The average molecular weight is 337 g/mol. The zero-order chi connectivity index (χ0) is 15.2. The molecule has 1 heterocycles. The molecule has 0 aliphatic carbocycles. The Balaban J connectivity index is 0.00000242. The minimum absolute atomic E-state index is 0. The Labute approximate surface area is 136 Å². The summed E-state index contributed by atoms with van der Waals surface area (Å²) < 4.78 is 40.7. The lowest BCUT2D eigenvalue weighted by Gasteiger charge is -2.35. The van der Waals surface area contributed by atoms with Crippen molar-refractivity contribution in [3.63, 3.8) is 0 Å². The van der Waals surface area contributed by atoms with E-state index in [4.69, 9.17) is 0 Å². The van der Waals surface area contributed by atoms with Crippen LogP contribution in [-0.2, 0) is 0 Å². The molecule has 22 heavy (non-hydrogen) atoms. The van der Waals surface area contributed by atoms with Crippen molar-refractivity contribution in [3.8, 4) is 0 Å².